The summed E-state index contributed by atoms with van der Waals surface area (Å²) in [5, 5.41) is -0.458. The molecule has 0 bridgehead atoms. The van der Waals surface area contributed by atoms with E-state index in [1.807, 2.05) is 0 Å². The van der Waals surface area contributed by atoms with Crippen molar-refractivity contribution in [2.45, 2.75) is 72.5 Å². The molecule has 3 aromatic carbocycles. The lowest BCUT2D eigenvalue weighted by atomic mass is 9.87. The lowest BCUT2D eigenvalue weighted by Crippen LogP contribution is -2.45. The van der Waals surface area contributed by atoms with Crippen LogP contribution < -0.4 is 0 Å². The standard InChI is InChI=1S/C30H34F3N/c1-18-8-7-9-24-16-26(20(3)14-28(18)24)15-21(4)34-13-12-27(22(5)23(34)6)25-11-10-19(2)29(17-25)30(31,32)33/h7-11,14,16-17,21,23H,12-13,15H2,1-6H3/i7D,8D,9D,10D,11D,12D2,13D2,14D,15D2,16D,17D,21D,23D. The highest BCUT2D eigenvalue weighted by molar-refractivity contribution is 5.87. The normalized spacial score (nSPS) is 31.8. The van der Waals surface area contributed by atoms with E-state index in [-0.39, 0.29) is 32.8 Å². The Morgan fingerprint density at radius 1 is 1.12 bits per heavy atom. The topological polar surface area (TPSA) is 3.24 Å². The van der Waals surface area contributed by atoms with Gasteiger partial charge in [0.25, 0.3) is 0 Å². The molecule has 1 heterocycles. The lowest BCUT2D eigenvalue weighted by Gasteiger charge is -2.40. The van der Waals surface area contributed by atoms with Crippen LogP contribution in [0.3, 0.4) is 0 Å². The molecule has 3 aromatic rings. The fourth-order valence-corrected chi connectivity index (χ4v) is 3.68. The van der Waals surface area contributed by atoms with Gasteiger partial charge < -0.3 is 0 Å². The number of rotatable bonds is 4. The fraction of sp³-hybridized carbons (Fsp3) is 0.400. The van der Waals surface area contributed by atoms with E-state index in [1.165, 1.54) is 13.8 Å². The molecule has 34 heavy (non-hydrogen) atoms. The van der Waals surface area contributed by atoms with Gasteiger partial charge in [-0.15, -0.1) is 0 Å². The van der Waals surface area contributed by atoms with Crippen molar-refractivity contribution in [2.24, 2.45) is 0 Å². The smallest absolute Gasteiger partial charge is 0.294 e. The Labute approximate surface area is 223 Å². The summed E-state index contributed by atoms with van der Waals surface area (Å²) >= 11 is 0. The van der Waals surface area contributed by atoms with Crippen molar-refractivity contribution >= 4 is 16.3 Å². The second kappa shape index (κ2) is 9.22. The van der Waals surface area contributed by atoms with Crippen molar-refractivity contribution < 1.29 is 35.1 Å². The molecule has 4 heteroatoms. The zero-order valence-electron chi connectivity index (χ0n) is 35.6. The Kier molecular flexibility index (Phi) is 3.10. The third-order valence-corrected chi connectivity index (χ3v) is 5.72. The predicted molar refractivity (Wildman–Crippen MR) is 136 cm³/mol. The van der Waals surface area contributed by atoms with Gasteiger partial charge in [-0.2, -0.15) is 13.2 Å². The third kappa shape index (κ3) is 4.65. The summed E-state index contributed by atoms with van der Waals surface area (Å²) in [5.41, 5.74) is -6.00. The Morgan fingerprint density at radius 2 is 1.85 bits per heavy atom. The number of halogens is 3. The van der Waals surface area contributed by atoms with E-state index in [0.29, 0.717) is 0 Å². The molecule has 1 aliphatic heterocycles. The molecule has 0 saturated carbocycles. The van der Waals surface area contributed by atoms with Crippen LogP contribution in [0.25, 0.3) is 16.3 Å². The molecule has 2 unspecified atom stereocenters. The lowest BCUT2D eigenvalue weighted by molar-refractivity contribution is -0.138. The molecule has 1 nitrogen and oxygen atoms in total. The van der Waals surface area contributed by atoms with Gasteiger partial charge in [0.15, 0.2) is 0 Å². The first-order valence-corrected chi connectivity index (χ1v) is 10.5. The SMILES string of the molecule is [2H]c1c([2H])c(C2=C(C)C([2H])(C)N(C([2H])(C)C([2H])([2H])c3c(C)c([2H])c4c(C)c([2H])c([2H])c([2H])c4c3[2H])C([2H])([2H])C2([2H])[2H])c([2H])c(C(F)(F)F)c1C. The van der Waals surface area contributed by atoms with Gasteiger partial charge in [-0.05, 0) is 104 Å². The van der Waals surface area contributed by atoms with Crippen LogP contribution in [0, 0.1) is 20.8 Å². The Hall–Kier alpha value is -2.59. The van der Waals surface area contributed by atoms with E-state index < -0.39 is 113 Å². The van der Waals surface area contributed by atoms with Crippen LogP contribution in [0.4, 0.5) is 13.2 Å². The largest absolute Gasteiger partial charge is 0.416 e. The summed E-state index contributed by atoms with van der Waals surface area (Å²) in [6, 6.07) is -12.1. The van der Waals surface area contributed by atoms with Crippen molar-refractivity contribution in [3.63, 3.8) is 0 Å². The summed E-state index contributed by atoms with van der Waals surface area (Å²) < 4.78 is 183. The molecule has 0 aliphatic carbocycles. The summed E-state index contributed by atoms with van der Waals surface area (Å²) in [5.74, 6) is 0. The van der Waals surface area contributed by atoms with Gasteiger partial charge in [0.05, 0.1) is 17.9 Å². The summed E-state index contributed by atoms with van der Waals surface area (Å²) in [6.45, 7) is 2.58. The molecule has 180 valence electrons. The molecule has 0 amide bonds. The molecule has 0 fully saturated rings. The van der Waals surface area contributed by atoms with E-state index >= 15 is 0 Å². The number of hydrogen-bond acceptors (Lipinski definition) is 1. The number of alkyl halides is 3. The minimum Gasteiger partial charge on any atom is -0.294 e. The maximum Gasteiger partial charge on any atom is 0.416 e. The minimum absolute atomic E-state index is 0.0686. The maximum atomic E-state index is 14.1. The van der Waals surface area contributed by atoms with Gasteiger partial charge in [-0.25, -0.2) is 0 Å². The van der Waals surface area contributed by atoms with Crippen LogP contribution in [0.1, 0.15) is 82.5 Å². The molecular weight excluding hydrogens is 431 g/mol. The number of nitrogens with zero attached hydrogens (tertiary/aromatic N) is 1. The van der Waals surface area contributed by atoms with Crippen molar-refractivity contribution in [2.75, 3.05) is 6.50 Å². The number of benzene rings is 3. The molecule has 0 radical (unpaired) electrons. The molecule has 0 aromatic heterocycles. The van der Waals surface area contributed by atoms with Gasteiger partial charge >= 0.3 is 6.18 Å². The number of hydrogen-bond donors (Lipinski definition) is 0. The summed E-state index contributed by atoms with van der Waals surface area (Å²) in [7, 11) is 0. The quantitative estimate of drug-likeness (QED) is 0.362. The number of aryl methyl sites for hydroxylation is 1. The zero-order valence-corrected chi connectivity index (χ0v) is 19.6. The van der Waals surface area contributed by atoms with Gasteiger partial charge in [0.2, 0.25) is 0 Å². The monoisotopic (exact) mass is 481 g/mol. The average molecular weight is 482 g/mol. The molecule has 1 aliphatic rings. The van der Waals surface area contributed by atoms with E-state index in [9.17, 15) is 18.7 Å². The molecule has 0 spiro atoms. The molecule has 4 rings (SSSR count). The Bertz CT molecular complexity index is 2010. The van der Waals surface area contributed by atoms with Crippen LogP contribution in [-0.2, 0) is 12.5 Å². The van der Waals surface area contributed by atoms with Crippen molar-refractivity contribution in [1.29, 1.82) is 0 Å². The highest BCUT2D eigenvalue weighted by Gasteiger charge is 2.34. The van der Waals surface area contributed by atoms with E-state index in [2.05, 4.69) is 0 Å². The average Bonchev–Trinajstić information content (AvgIpc) is 2.95. The minimum atomic E-state index is -5.23. The first kappa shape index (κ1) is 11.4. The van der Waals surface area contributed by atoms with Gasteiger partial charge in [0.1, 0.15) is 0 Å². The van der Waals surface area contributed by atoms with E-state index in [4.69, 9.17) is 16.4 Å². The van der Waals surface area contributed by atoms with Crippen molar-refractivity contribution in [3.8, 4) is 0 Å². The Morgan fingerprint density at radius 3 is 2.56 bits per heavy atom. The second-order valence-electron chi connectivity index (χ2n) is 8.12. The van der Waals surface area contributed by atoms with Crippen molar-refractivity contribution in [3.05, 3.63) is 87.3 Å². The predicted octanol–water partition coefficient (Wildman–Crippen LogP) is 8.28. The first-order chi connectivity index (χ1) is 22.3. The second-order valence-corrected chi connectivity index (χ2v) is 8.12. The van der Waals surface area contributed by atoms with Crippen LogP contribution in [0.15, 0.2) is 53.9 Å². The zero-order chi connectivity index (χ0) is 39.0. The highest BCUT2D eigenvalue weighted by Crippen LogP contribution is 2.37. The van der Waals surface area contributed by atoms with Gasteiger partial charge in [-0.3, -0.25) is 4.90 Å². The highest BCUT2D eigenvalue weighted by atomic mass is 19.4. The fourth-order valence-electron chi connectivity index (χ4n) is 3.68. The van der Waals surface area contributed by atoms with Crippen molar-refractivity contribution in [1.82, 2.24) is 4.90 Å². The Balaban J connectivity index is 2.13. The molecular formula is C30H34F3N. The number of fused-ring (bicyclic) bond motifs is 1. The van der Waals surface area contributed by atoms with E-state index in [1.54, 1.807) is 0 Å². The van der Waals surface area contributed by atoms with Gasteiger partial charge in [0, 0.05) is 28.1 Å². The molecule has 0 N–H and O–H groups in total. The molecule has 2 atom stereocenters. The van der Waals surface area contributed by atoms with Crippen LogP contribution in [-0.4, -0.2) is 23.4 Å². The summed E-state index contributed by atoms with van der Waals surface area (Å²) in [6.07, 6.45) is -12.1. The maximum absolute atomic E-state index is 14.1. The van der Waals surface area contributed by atoms with Crippen LogP contribution >= 0.6 is 0 Å². The van der Waals surface area contributed by atoms with Gasteiger partial charge in [-0.1, -0.05) is 47.9 Å². The van der Waals surface area contributed by atoms with Crippen LogP contribution in [0.5, 0.6) is 0 Å². The first-order valence-electron chi connectivity index (χ1n) is 18.5. The third-order valence-electron chi connectivity index (χ3n) is 5.72. The van der Waals surface area contributed by atoms with E-state index in [0.717, 1.165) is 27.7 Å². The van der Waals surface area contributed by atoms with Crippen LogP contribution in [0.2, 0.25) is 0 Å². The summed E-state index contributed by atoms with van der Waals surface area (Å²) in [4.78, 5) is 0.210. The molecule has 0 saturated heterocycles.